The van der Waals surface area contributed by atoms with Gasteiger partial charge in [0.15, 0.2) is 0 Å². The molecule has 6 heteroatoms. The van der Waals surface area contributed by atoms with E-state index in [4.69, 9.17) is 14.0 Å². The zero-order chi connectivity index (χ0) is 13.9. The van der Waals surface area contributed by atoms with Crippen LogP contribution in [0.15, 0.2) is 4.52 Å². The summed E-state index contributed by atoms with van der Waals surface area (Å²) < 4.78 is 15.7. The molecular formula is C13H20N2O4. The third kappa shape index (κ3) is 2.49. The Labute approximate surface area is 112 Å². The molecular weight excluding hydrogens is 248 g/mol. The van der Waals surface area contributed by atoms with Crippen LogP contribution >= 0.6 is 0 Å². The third-order valence-electron chi connectivity index (χ3n) is 3.68. The lowest BCUT2D eigenvalue weighted by Crippen LogP contribution is -2.37. The van der Waals surface area contributed by atoms with Gasteiger partial charge in [-0.1, -0.05) is 12.1 Å². The van der Waals surface area contributed by atoms with Gasteiger partial charge in [0.2, 0.25) is 11.7 Å². The number of carbonyl (C=O) groups is 1. The summed E-state index contributed by atoms with van der Waals surface area (Å²) in [7, 11) is 1.65. The fourth-order valence-corrected chi connectivity index (χ4v) is 2.26. The number of hydrogen-bond acceptors (Lipinski definition) is 6. The average Bonchev–Trinajstić information content (AvgIpc) is 2.79. The Hall–Kier alpha value is -1.43. The van der Waals surface area contributed by atoms with Crippen molar-refractivity contribution >= 4 is 5.97 Å². The topological polar surface area (TPSA) is 74.5 Å². The average molecular weight is 268 g/mol. The van der Waals surface area contributed by atoms with Gasteiger partial charge in [0.1, 0.15) is 11.5 Å². The Kier molecular flexibility index (Phi) is 4.19. The van der Waals surface area contributed by atoms with Crippen LogP contribution in [0.3, 0.4) is 0 Å². The van der Waals surface area contributed by atoms with Crippen molar-refractivity contribution in [2.75, 3.05) is 13.7 Å². The van der Waals surface area contributed by atoms with E-state index in [1.165, 1.54) is 0 Å². The molecule has 1 atom stereocenters. The van der Waals surface area contributed by atoms with Crippen molar-refractivity contribution in [3.05, 3.63) is 11.7 Å². The fraction of sp³-hybridized carbons (Fsp3) is 0.769. The van der Waals surface area contributed by atoms with Gasteiger partial charge < -0.3 is 14.0 Å². The van der Waals surface area contributed by atoms with E-state index >= 15 is 0 Å². The highest BCUT2D eigenvalue weighted by Crippen LogP contribution is 2.43. The van der Waals surface area contributed by atoms with Crippen molar-refractivity contribution in [2.45, 2.75) is 51.0 Å². The normalized spacial score (nSPS) is 18.7. The molecule has 0 N–H and O–H groups in total. The number of rotatable bonds is 6. The summed E-state index contributed by atoms with van der Waals surface area (Å²) in [4.78, 5) is 16.2. The van der Waals surface area contributed by atoms with E-state index in [0.29, 0.717) is 24.7 Å². The van der Waals surface area contributed by atoms with Crippen molar-refractivity contribution in [3.8, 4) is 0 Å². The van der Waals surface area contributed by atoms with Crippen molar-refractivity contribution < 1.29 is 18.8 Å². The van der Waals surface area contributed by atoms with Gasteiger partial charge in [-0.25, -0.2) is 0 Å². The van der Waals surface area contributed by atoms with Gasteiger partial charge in [0.25, 0.3) is 0 Å². The molecule has 0 amide bonds. The van der Waals surface area contributed by atoms with Crippen LogP contribution in [0.4, 0.5) is 0 Å². The lowest BCUT2D eigenvalue weighted by atomic mass is 9.79. The van der Waals surface area contributed by atoms with Crippen LogP contribution in [-0.4, -0.2) is 29.8 Å². The predicted octanol–water partition coefficient (Wildman–Crippen LogP) is 2.15. The highest BCUT2D eigenvalue weighted by Gasteiger charge is 2.44. The first kappa shape index (κ1) is 14.0. The number of ether oxygens (including phenoxy) is 2. The maximum atomic E-state index is 11.8. The van der Waals surface area contributed by atoms with Gasteiger partial charge >= 0.3 is 5.97 Å². The molecule has 0 aromatic carbocycles. The molecule has 1 aliphatic rings. The summed E-state index contributed by atoms with van der Waals surface area (Å²) in [6.07, 6.45) is 3.44. The Balaban J connectivity index is 2.17. The van der Waals surface area contributed by atoms with Crippen LogP contribution < -0.4 is 0 Å². The SMILES string of the molecule is CCOC(=O)C(CC)c1nc(C2(OC)CCC2)no1. The summed E-state index contributed by atoms with van der Waals surface area (Å²) in [5, 5.41) is 3.97. The second-order valence-electron chi connectivity index (χ2n) is 4.72. The molecule has 1 unspecified atom stereocenters. The molecule has 19 heavy (non-hydrogen) atoms. The Morgan fingerprint density at radius 3 is 2.68 bits per heavy atom. The van der Waals surface area contributed by atoms with Gasteiger partial charge in [-0.05, 0) is 32.6 Å². The van der Waals surface area contributed by atoms with E-state index in [0.717, 1.165) is 19.3 Å². The molecule has 2 rings (SSSR count). The van der Waals surface area contributed by atoms with E-state index in [1.807, 2.05) is 6.92 Å². The molecule has 0 bridgehead atoms. The first-order chi connectivity index (χ1) is 9.16. The maximum absolute atomic E-state index is 11.8. The van der Waals surface area contributed by atoms with Crippen molar-refractivity contribution in [1.82, 2.24) is 10.1 Å². The summed E-state index contributed by atoms with van der Waals surface area (Å²) in [6, 6.07) is 0. The first-order valence-corrected chi connectivity index (χ1v) is 6.72. The number of nitrogens with zero attached hydrogens (tertiary/aromatic N) is 2. The molecule has 0 spiro atoms. The number of hydrogen-bond donors (Lipinski definition) is 0. The molecule has 1 saturated carbocycles. The summed E-state index contributed by atoms with van der Waals surface area (Å²) in [6.45, 7) is 4.01. The van der Waals surface area contributed by atoms with Gasteiger partial charge in [-0.15, -0.1) is 0 Å². The van der Waals surface area contributed by atoms with Crippen LogP contribution in [0, 0.1) is 0 Å². The van der Waals surface area contributed by atoms with E-state index in [1.54, 1.807) is 14.0 Å². The zero-order valence-corrected chi connectivity index (χ0v) is 11.6. The lowest BCUT2D eigenvalue weighted by molar-refractivity contribution is -0.145. The Morgan fingerprint density at radius 2 is 2.21 bits per heavy atom. The predicted molar refractivity (Wildman–Crippen MR) is 66.5 cm³/mol. The molecule has 6 nitrogen and oxygen atoms in total. The molecule has 1 aliphatic carbocycles. The van der Waals surface area contributed by atoms with E-state index in [2.05, 4.69) is 10.1 Å². The van der Waals surface area contributed by atoms with E-state index in [9.17, 15) is 4.79 Å². The first-order valence-electron chi connectivity index (χ1n) is 6.72. The number of methoxy groups -OCH3 is 1. The van der Waals surface area contributed by atoms with Gasteiger partial charge in [0, 0.05) is 7.11 Å². The van der Waals surface area contributed by atoms with Crippen LogP contribution in [-0.2, 0) is 19.9 Å². The Bertz CT molecular complexity index is 434. The van der Waals surface area contributed by atoms with Gasteiger partial charge in [0.05, 0.1) is 6.61 Å². The second kappa shape index (κ2) is 5.69. The number of esters is 1. The molecule has 0 radical (unpaired) electrons. The third-order valence-corrected chi connectivity index (χ3v) is 3.68. The largest absolute Gasteiger partial charge is 0.465 e. The van der Waals surface area contributed by atoms with E-state index in [-0.39, 0.29) is 5.97 Å². The summed E-state index contributed by atoms with van der Waals surface area (Å²) >= 11 is 0. The lowest BCUT2D eigenvalue weighted by Gasteiger charge is -2.37. The molecule has 0 saturated heterocycles. The highest BCUT2D eigenvalue weighted by atomic mass is 16.5. The minimum absolute atomic E-state index is 0.319. The minimum atomic E-state index is -0.491. The minimum Gasteiger partial charge on any atom is -0.465 e. The number of carbonyl (C=O) groups excluding carboxylic acids is 1. The van der Waals surface area contributed by atoms with Gasteiger partial charge in [-0.2, -0.15) is 4.98 Å². The molecule has 1 heterocycles. The molecule has 106 valence electrons. The molecule has 1 aromatic rings. The standard InChI is InChI=1S/C13H20N2O4/c1-4-9(11(16)18-5-2)10-14-12(15-19-10)13(17-3)7-6-8-13/h9H,4-8H2,1-3H3. The summed E-state index contributed by atoms with van der Waals surface area (Å²) in [5.74, 6) is 0.0498. The van der Waals surface area contributed by atoms with Crippen LogP contribution in [0.25, 0.3) is 0 Å². The molecule has 1 aromatic heterocycles. The smallest absolute Gasteiger partial charge is 0.318 e. The summed E-state index contributed by atoms with van der Waals surface area (Å²) in [5.41, 5.74) is -0.422. The second-order valence-corrected chi connectivity index (χ2v) is 4.72. The van der Waals surface area contributed by atoms with Crippen molar-refractivity contribution in [3.63, 3.8) is 0 Å². The number of aromatic nitrogens is 2. The van der Waals surface area contributed by atoms with E-state index < -0.39 is 11.5 Å². The van der Waals surface area contributed by atoms with Crippen molar-refractivity contribution in [2.24, 2.45) is 0 Å². The quantitative estimate of drug-likeness (QED) is 0.736. The van der Waals surface area contributed by atoms with Crippen LogP contribution in [0.5, 0.6) is 0 Å². The van der Waals surface area contributed by atoms with Crippen molar-refractivity contribution in [1.29, 1.82) is 0 Å². The van der Waals surface area contributed by atoms with Crippen LogP contribution in [0.2, 0.25) is 0 Å². The zero-order valence-electron chi connectivity index (χ0n) is 11.6. The molecule has 1 fully saturated rings. The fourth-order valence-electron chi connectivity index (χ4n) is 2.26. The Morgan fingerprint density at radius 1 is 1.47 bits per heavy atom. The van der Waals surface area contributed by atoms with Crippen LogP contribution in [0.1, 0.15) is 57.2 Å². The monoisotopic (exact) mass is 268 g/mol. The van der Waals surface area contributed by atoms with Gasteiger partial charge in [-0.3, -0.25) is 4.79 Å². The molecule has 0 aliphatic heterocycles. The maximum Gasteiger partial charge on any atom is 0.318 e. The highest BCUT2D eigenvalue weighted by molar-refractivity contribution is 5.76.